The van der Waals surface area contributed by atoms with Gasteiger partial charge in [-0.15, -0.1) is 0 Å². The van der Waals surface area contributed by atoms with Crippen LogP contribution in [0.5, 0.6) is 6.01 Å². The molecule has 21 heavy (non-hydrogen) atoms. The molecule has 1 aromatic rings. The third-order valence-electron chi connectivity index (χ3n) is 4.73. The summed E-state index contributed by atoms with van der Waals surface area (Å²) in [6, 6.07) is 0.327. The second kappa shape index (κ2) is 5.66. The molecule has 0 unspecified atom stereocenters. The van der Waals surface area contributed by atoms with Gasteiger partial charge in [0.05, 0.1) is 6.10 Å². The van der Waals surface area contributed by atoms with Crippen LogP contribution in [0.3, 0.4) is 0 Å². The molecule has 3 rings (SSSR count). The Balaban J connectivity index is 1.71. The maximum Gasteiger partial charge on any atom is 0.323 e. The van der Waals surface area contributed by atoms with Gasteiger partial charge in [-0.05, 0) is 44.9 Å². The zero-order chi connectivity index (χ0) is 14.9. The molecule has 2 heterocycles. The Kier molecular flexibility index (Phi) is 3.87. The van der Waals surface area contributed by atoms with Crippen molar-refractivity contribution in [3.8, 4) is 6.01 Å². The molecule has 0 aromatic carbocycles. The molecular weight excluding hydrogens is 266 g/mol. The van der Waals surface area contributed by atoms with Crippen LogP contribution in [-0.4, -0.2) is 34.1 Å². The lowest BCUT2D eigenvalue weighted by atomic mass is 9.77. The molecule has 0 bridgehead atoms. The monoisotopic (exact) mass is 291 g/mol. The molecule has 0 atom stereocenters. The van der Waals surface area contributed by atoms with Crippen LogP contribution < -0.4 is 15.4 Å². The summed E-state index contributed by atoms with van der Waals surface area (Å²) in [7, 11) is 0. The third-order valence-corrected chi connectivity index (χ3v) is 4.73. The van der Waals surface area contributed by atoms with Crippen molar-refractivity contribution in [2.75, 3.05) is 23.7 Å². The summed E-state index contributed by atoms with van der Waals surface area (Å²) in [6.45, 7) is 5.91. The number of nitrogens with zero attached hydrogens (tertiary/aromatic N) is 4. The summed E-state index contributed by atoms with van der Waals surface area (Å²) >= 11 is 0. The Morgan fingerprint density at radius 2 is 1.71 bits per heavy atom. The Morgan fingerprint density at radius 1 is 1.05 bits per heavy atom. The van der Waals surface area contributed by atoms with Gasteiger partial charge in [-0.1, -0.05) is 12.8 Å². The van der Waals surface area contributed by atoms with Crippen LogP contribution in [-0.2, 0) is 0 Å². The number of hydrogen-bond donors (Lipinski definition) is 1. The molecule has 6 nitrogen and oxygen atoms in total. The van der Waals surface area contributed by atoms with Crippen molar-refractivity contribution in [1.29, 1.82) is 0 Å². The lowest BCUT2D eigenvalue weighted by Crippen LogP contribution is -2.39. The lowest BCUT2D eigenvalue weighted by molar-refractivity contribution is 0.217. The van der Waals surface area contributed by atoms with Crippen molar-refractivity contribution in [1.82, 2.24) is 15.0 Å². The number of nitrogens with two attached hydrogens (primary N) is 1. The highest BCUT2D eigenvalue weighted by Gasteiger charge is 2.37. The van der Waals surface area contributed by atoms with Crippen LogP contribution in [0, 0.1) is 5.41 Å². The first-order chi connectivity index (χ1) is 10.1. The highest BCUT2D eigenvalue weighted by Crippen LogP contribution is 2.46. The van der Waals surface area contributed by atoms with E-state index >= 15 is 0 Å². The van der Waals surface area contributed by atoms with Gasteiger partial charge in [0.25, 0.3) is 0 Å². The largest absolute Gasteiger partial charge is 0.461 e. The fraction of sp³-hybridized carbons (Fsp3) is 0.800. The zero-order valence-corrected chi connectivity index (χ0v) is 13.0. The molecule has 1 saturated heterocycles. The van der Waals surface area contributed by atoms with Gasteiger partial charge in [-0.3, -0.25) is 0 Å². The second-order valence-corrected chi connectivity index (χ2v) is 6.64. The van der Waals surface area contributed by atoms with E-state index in [9.17, 15) is 0 Å². The van der Waals surface area contributed by atoms with E-state index in [4.69, 9.17) is 10.5 Å². The van der Waals surface area contributed by atoms with E-state index in [2.05, 4.69) is 19.9 Å². The molecule has 2 fully saturated rings. The molecule has 0 amide bonds. The molecule has 1 aromatic heterocycles. The predicted molar refractivity (Wildman–Crippen MR) is 82.4 cm³/mol. The van der Waals surface area contributed by atoms with Crippen LogP contribution >= 0.6 is 0 Å². The van der Waals surface area contributed by atoms with E-state index in [-0.39, 0.29) is 12.1 Å². The molecule has 116 valence electrons. The fourth-order valence-corrected chi connectivity index (χ4v) is 3.57. The Labute approximate surface area is 126 Å². The van der Waals surface area contributed by atoms with Gasteiger partial charge in [0.15, 0.2) is 0 Å². The van der Waals surface area contributed by atoms with Gasteiger partial charge in [0.1, 0.15) is 0 Å². The van der Waals surface area contributed by atoms with Gasteiger partial charge in [-0.25, -0.2) is 0 Å². The quantitative estimate of drug-likeness (QED) is 0.921. The van der Waals surface area contributed by atoms with Crippen LogP contribution in [0.25, 0.3) is 0 Å². The summed E-state index contributed by atoms with van der Waals surface area (Å²) in [4.78, 5) is 15.0. The lowest BCUT2D eigenvalue weighted by Gasteiger charge is -2.39. The molecule has 1 aliphatic heterocycles. The molecule has 1 spiro atoms. The average molecular weight is 291 g/mol. The Hall–Kier alpha value is -1.59. The van der Waals surface area contributed by atoms with Gasteiger partial charge >= 0.3 is 6.01 Å². The van der Waals surface area contributed by atoms with Gasteiger partial charge in [-0.2, -0.15) is 15.0 Å². The number of aromatic nitrogens is 3. The topological polar surface area (TPSA) is 77.2 Å². The Morgan fingerprint density at radius 3 is 2.33 bits per heavy atom. The van der Waals surface area contributed by atoms with Crippen LogP contribution in [0.1, 0.15) is 52.4 Å². The van der Waals surface area contributed by atoms with Crippen molar-refractivity contribution in [3.63, 3.8) is 0 Å². The molecule has 2 aliphatic rings. The standard InChI is InChI=1S/C15H25N5O/c1-11(2)21-14-18-12(16)17-13(19-14)20-9-7-15(8-10-20)5-3-4-6-15/h11H,3-10H2,1-2H3,(H2,16,17,18,19). The van der Waals surface area contributed by atoms with Crippen molar-refractivity contribution in [2.24, 2.45) is 5.41 Å². The summed E-state index contributed by atoms with van der Waals surface area (Å²) in [5.74, 6) is 0.891. The first-order valence-corrected chi connectivity index (χ1v) is 8.00. The first kappa shape index (κ1) is 14.4. The van der Waals surface area contributed by atoms with Gasteiger partial charge in [0.2, 0.25) is 11.9 Å². The van der Waals surface area contributed by atoms with Gasteiger partial charge in [0, 0.05) is 13.1 Å². The predicted octanol–water partition coefficient (Wildman–Crippen LogP) is 2.40. The maximum atomic E-state index is 5.79. The molecule has 1 saturated carbocycles. The number of hydrogen-bond acceptors (Lipinski definition) is 6. The van der Waals surface area contributed by atoms with Gasteiger partial charge < -0.3 is 15.4 Å². The Bertz CT molecular complexity index is 489. The summed E-state index contributed by atoms with van der Waals surface area (Å²) in [5.41, 5.74) is 6.38. The van der Waals surface area contributed by atoms with E-state index in [1.165, 1.54) is 38.5 Å². The highest BCUT2D eigenvalue weighted by atomic mass is 16.5. The van der Waals surface area contributed by atoms with Crippen LogP contribution in [0.2, 0.25) is 0 Å². The van der Waals surface area contributed by atoms with Crippen LogP contribution in [0.4, 0.5) is 11.9 Å². The number of anilines is 2. The summed E-state index contributed by atoms with van der Waals surface area (Å²) in [5, 5.41) is 0. The smallest absolute Gasteiger partial charge is 0.323 e. The van der Waals surface area contributed by atoms with Crippen molar-refractivity contribution in [2.45, 2.75) is 58.5 Å². The number of piperidine rings is 1. The van der Waals surface area contributed by atoms with Crippen molar-refractivity contribution >= 4 is 11.9 Å². The number of rotatable bonds is 3. The van der Waals surface area contributed by atoms with E-state index in [0.29, 0.717) is 17.4 Å². The first-order valence-electron chi connectivity index (χ1n) is 8.00. The minimum Gasteiger partial charge on any atom is -0.461 e. The molecular formula is C15H25N5O. The second-order valence-electron chi connectivity index (χ2n) is 6.64. The van der Waals surface area contributed by atoms with E-state index in [0.717, 1.165) is 13.1 Å². The minimum absolute atomic E-state index is 0.0303. The highest BCUT2D eigenvalue weighted by molar-refractivity contribution is 5.36. The van der Waals surface area contributed by atoms with E-state index in [1.54, 1.807) is 0 Å². The molecule has 1 aliphatic carbocycles. The SMILES string of the molecule is CC(C)Oc1nc(N)nc(N2CCC3(CCCC3)CC2)n1. The summed E-state index contributed by atoms with van der Waals surface area (Å²) < 4.78 is 5.55. The maximum absolute atomic E-state index is 5.79. The van der Waals surface area contributed by atoms with E-state index < -0.39 is 0 Å². The number of ether oxygens (including phenoxy) is 1. The van der Waals surface area contributed by atoms with E-state index in [1.807, 2.05) is 13.8 Å². The molecule has 2 N–H and O–H groups in total. The average Bonchev–Trinajstić information content (AvgIpc) is 2.86. The number of nitrogen functional groups attached to an aromatic ring is 1. The zero-order valence-electron chi connectivity index (χ0n) is 13.0. The molecule has 0 radical (unpaired) electrons. The van der Waals surface area contributed by atoms with Crippen molar-refractivity contribution in [3.05, 3.63) is 0 Å². The third kappa shape index (κ3) is 3.19. The summed E-state index contributed by atoms with van der Waals surface area (Å²) in [6.07, 6.45) is 8.07. The fourth-order valence-electron chi connectivity index (χ4n) is 3.57. The van der Waals surface area contributed by atoms with Crippen molar-refractivity contribution < 1.29 is 4.74 Å². The normalized spacial score (nSPS) is 21.2. The van der Waals surface area contributed by atoms with Crippen LogP contribution in [0.15, 0.2) is 0 Å². The minimum atomic E-state index is 0.0303. The molecule has 6 heteroatoms.